The third kappa shape index (κ3) is 3.01. The second-order valence-electron chi connectivity index (χ2n) is 5.75. The first-order valence-corrected chi connectivity index (χ1v) is 7.24. The SMILES string of the molecule is CCCCC(C)C(=O)N1CC2CCCNC2C1. The maximum Gasteiger partial charge on any atom is 0.225 e. The lowest BCUT2D eigenvalue weighted by atomic mass is 9.94. The van der Waals surface area contributed by atoms with E-state index in [1.165, 1.54) is 25.7 Å². The molecule has 3 nitrogen and oxygen atoms in total. The highest BCUT2D eigenvalue weighted by Crippen LogP contribution is 2.26. The van der Waals surface area contributed by atoms with Crippen molar-refractivity contribution in [2.75, 3.05) is 19.6 Å². The van der Waals surface area contributed by atoms with Gasteiger partial charge in [-0.2, -0.15) is 0 Å². The van der Waals surface area contributed by atoms with Gasteiger partial charge in [-0.15, -0.1) is 0 Å². The molecule has 0 aromatic carbocycles. The molecule has 2 aliphatic heterocycles. The standard InChI is InChI=1S/C14H26N2O/c1-3-4-6-11(2)14(17)16-9-12-7-5-8-15-13(12)10-16/h11-13,15H,3-10H2,1-2H3. The Balaban J connectivity index is 1.84. The van der Waals surface area contributed by atoms with Crippen LogP contribution in [-0.2, 0) is 4.79 Å². The van der Waals surface area contributed by atoms with E-state index < -0.39 is 0 Å². The van der Waals surface area contributed by atoms with Gasteiger partial charge in [0.05, 0.1) is 0 Å². The lowest BCUT2D eigenvalue weighted by Gasteiger charge is -2.24. The van der Waals surface area contributed by atoms with E-state index >= 15 is 0 Å². The van der Waals surface area contributed by atoms with Crippen LogP contribution in [0.25, 0.3) is 0 Å². The third-order valence-electron chi connectivity index (χ3n) is 4.32. The zero-order chi connectivity index (χ0) is 12.3. The number of piperidine rings is 1. The molecule has 1 N–H and O–H groups in total. The van der Waals surface area contributed by atoms with E-state index in [1.807, 2.05) is 0 Å². The van der Waals surface area contributed by atoms with Crippen molar-refractivity contribution in [3.05, 3.63) is 0 Å². The number of carbonyl (C=O) groups is 1. The van der Waals surface area contributed by atoms with Gasteiger partial charge in [-0.05, 0) is 31.7 Å². The molecule has 2 aliphatic rings. The minimum Gasteiger partial charge on any atom is -0.341 e. The number of nitrogens with one attached hydrogen (secondary N) is 1. The average Bonchev–Trinajstić information content (AvgIpc) is 2.78. The van der Waals surface area contributed by atoms with Gasteiger partial charge in [0.15, 0.2) is 0 Å². The topological polar surface area (TPSA) is 32.3 Å². The van der Waals surface area contributed by atoms with E-state index in [-0.39, 0.29) is 5.92 Å². The Morgan fingerprint density at radius 3 is 3.00 bits per heavy atom. The average molecular weight is 238 g/mol. The third-order valence-corrected chi connectivity index (χ3v) is 4.32. The molecule has 2 saturated heterocycles. The van der Waals surface area contributed by atoms with Crippen LogP contribution in [0.4, 0.5) is 0 Å². The molecule has 0 saturated carbocycles. The first kappa shape index (κ1) is 12.9. The van der Waals surface area contributed by atoms with Gasteiger partial charge in [-0.1, -0.05) is 26.7 Å². The summed E-state index contributed by atoms with van der Waals surface area (Å²) >= 11 is 0. The summed E-state index contributed by atoms with van der Waals surface area (Å²) in [6, 6.07) is 0.575. The van der Waals surface area contributed by atoms with E-state index in [0.29, 0.717) is 17.9 Å². The van der Waals surface area contributed by atoms with Crippen LogP contribution in [0.2, 0.25) is 0 Å². The van der Waals surface area contributed by atoms with Crippen LogP contribution < -0.4 is 5.32 Å². The molecule has 0 aromatic heterocycles. The zero-order valence-electron chi connectivity index (χ0n) is 11.2. The second-order valence-corrected chi connectivity index (χ2v) is 5.75. The zero-order valence-corrected chi connectivity index (χ0v) is 11.2. The molecule has 0 aliphatic carbocycles. The summed E-state index contributed by atoms with van der Waals surface area (Å²) in [4.78, 5) is 14.4. The quantitative estimate of drug-likeness (QED) is 0.812. The minimum atomic E-state index is 0.218. The molecule has 3 unspecified atom stereocenters. The van der Waals surface area contributed by atoms with E-state index in [9.17, 15) is 4.79 Å². The van der Waals surface area contributed by atoms with Gasteiger partial charge in [-0.3, -0.25) is 4.79 Å². The monoisotopic (exact) mass is 238 g/mol. The summed E-state index contributed by atoms with van der Waals surface area (Å²) in [6.07, 6.45) is 5.98. The number of nitrogens with zero attached hydrogens (tertiary/aromatic N) is 1. The molecule has 0 spiro atoms. The smallest absolute Gasteiger partial charge is 0.225 e. The Bertz CT molecular complexity index is 253. The van der Waals surface area contributed by atoms with Gasteiger partial charge in [0.1, 0.15) is 0 Å². The molecule has 17 heavy (non-hydrogen) atoms. The van der Waals surface area contributed by atoms with Gasteiger partial charge in [0, 0.05) is 25.0 Å². The van der Waals surface area contributed by atoms with Crippen LogP contribution >= 0.6 is 0 Å². The van der Waals surface area contributed by atoms with Gasteiger partial charge in [-0.25, -0.2) is 0 Å². The summed E-state index contributed by atoms with van der Waals surface area (Å²) in [5.74, 6) is 1.32. The van der Waals surface area contributed by atoms with Crippen molar-refractivity contribution in [1.29, 1.82) is 0 Å². The predicted molar refractivity (Wildman–Crippen MR) is 69.8 cm³/mol. The number of likely N-dealkylation sites (tertiary alicyclic amines) is 1. The van der Waals surface area contributed by atoms with E-state index in [2.05, 4.69) is 24.1 Å². The Morgan fingerprint density at radius 2 is 2.29 bits per heavy atom. The van der Waals surface area contributed by atoms with Gasteiger partial charge in [0.2, 0.25) is 5.91 Å². The molecule has 98 valence electrons. The molecular formula is C14H26N2O. The number of hydrogen-bond donors (Lipinski definition) is 1. The highest BCUT2D eigenvalue weighted by molar-refractivity contribution is 5.78. The fraction of sp³-hybridized carbons (Fsp3) is 0.929. The Morgan fingerprint density at radius 1 is 1.47 bits per heavy atom. The molecule has 2 heterocycles. The number of amides is 1. The largest absolute Gasteiger partial charge is 0.341 e. The summed E-state index contributed by atoms with van der Waals surface area (Å²) < 4.78 is 0. The maximum atomic E-state index is 12.3. The number of hydrogen-bond acceptors (Lipinski definition) is 2. The first-order chi connectivity index (χ1) is 8.22. The molecule has 1 amide bonds. The van der Waals surface area contributed by atoms with Crippen molar-refractivity contribution in [2.24, 2.45) is 11.8 Å². The van der Waals surface area contributed by atoms with Crippen LogP contribution in [0, 0.1) is 11.8 Å². The fourth-order valence-electron chi connectivity index (χ4n) is 3.17. The van der Waals surface area contributed by atoms with E-state index in [0.717, 1.165) is 26.1 Å². The Hall–Kier alpha value is -0.570. The molecule has 0 aromatic rings. The summed E-state index contributed by atoms with van der Waals surface area (Å²) in [7, 11) is 0. The lowest BCUT2D eigenvalue weighted by molar-refractivity contribution is -0.134. The van der Waals surface area contributed by atoms with Gasteiger partial charge < -0.3 is 10.2 Å². The number of fused-ring (bicyclic) bond motifs is 1. The minimum absolute atomic E-state index is 0.218. The van der Waals surface area contributed by atoms with Crippen molar-refractivity contribution >= 4 is 5.91 Å². The van der Waals surface area contributed by atoms with Gasteiger partial charge >= 0.3 is 0 Å². The summed E-state index contributed by atoms with van der Waals surface area (Å²) in [5.41, 5.74) is 0. The normalized spacial score (nSPS) is 30.1. The Labute approximate surface area is 105 Å². The maximum absolute atomic E-state index is 12.3. The fourth-order valence-corrected chi connectivity index (χ4v) is 3.17. The van der Waals surface area contributed by atoms with E-state index in [1.54, 1.807) is 0 Å². The highest BCUT2D eigenvalue weighted by Gasteiger charge is 2.37. The van der Waals surface area contributed by atoms with Crippen molar-refractivity contribution in [1.82, 2.24) is 10.2 Å². The van der Waals surface area contributed by atoms with Crippen LogP contribution in [0.15, 0.2) is 0 Å². The lowest BCUT2D eigenvalue weighted by Crippen LogP contribution is -2.41. The molecule has 2 fully saturated rings. The second kappa shape index (κ2) is 5.85. The number of unbranched alkanes of at least 4 members (excludes halogenated alkanes) is 1. The molecule has 0 bridgehead atoms. The van der Waals surface area contributed by atoms with Crippen molar-refractivity contribution in [3.63, 3.8) is 0 Å². The molecular weight excluding hydrogens is 212 g/mol. The van der Waals surface area contributed by atoms with Crippen molar-refractivity contribution in [2.45, 2.75) is 52.0 Å². The van der Waals surface area contributed by atoms with Crippen LogP contribution in [0.1, 0.15) is 46.0 Å². The number of carbonyl (C=O) groups excluding carboxylic acids is 1. The highest BCUT2D eigenvalue weighted by atomic mass is 16.2. The molecule has 2 rings (SSSR count). The predicted octanol–water partition coefficient (Wildman–Crippen LogP) is 2.02. The molecule has 0 radical (unpaired) electrons. The first-order valence-electron chi connectivity index (χ1n) is 7.24. The van der Waals surface area contributed by atoms with Crippen molar-refractivity contribution < 1.29 is 4.79 Å². The van der Waals surface area contributed by atoms with Crippen LogP contribution in [0.5, 0.6) is 0 Å². The Kier molecular flexibility index (Phi) is 4.43. The molecule has 3 atom stereocenters. The van der Waals surface area contributed by atoms with E-state index in [4.69, 9.17) is 0 Å². The summed E-state index contributed by atoms with van der Waals surface area (Å²) in [5, 5.41) is 3.55. The van der Waals surface area contributed by atoms with Crippen LogP contribution in [-0.4, -0.2) is 36.5 Å². The summed E-state index contributed by atoms with van der Waals surface area (Å²) in [6.45, 7) is 7.35. The van der Waals surface area contributed by atoms with Crippen molar-refractivity contribution in [3.8, 4) is 0 Å². The number of rotatable bonds is 4. The molecule has 3 heteroatoms. The van der Waals surface area contributed by atoms with Gasteiger partial charge in [0.25, 0.3) is 0 Å². The van der Waals surface area contributed by atoms with Crippen LogP contribution in [0.3, 0.4) is 0 Å².